The fourth-order valence-corrected chi connectivity index (χ4v) is 2.40. The van der Waals surface area contributed by atoms with Gasteiger partial charge in [-0.1, -0.05) is 27.2 Å². The SMILES string of the molecule is CCC(C)CN(CC)CCCC(C)(C#N)NC(C)C. The zero-order valence-electron chi connectivity index (χ0n) is 13.8. The Morgan fingerprint density at radius 3 is 2.32 bits per heavy atom. The van der Waals surface area contributed by atoms with E-state index >= 15 is 0 Å². The van der Waals surface area contributed by atoms with Gasteiger partial charge in [0.1, 0.15) is 5.54 Å². The van der Waals surface area contributed by atoms with Crippen molar-refractivity contribution in [1.82, 2.24) is 10.2 Å². The molecule has 0 heterocycles. The van der Waals surface area contributed by atoms with E-state index in [0.29, 0.717) is 6.04 Å². The number of hydrogen-bond acceptors (Lipinski definition) is 3. The highest BCUT2D eigenvalue weighted by Crippen LogP contribution is 2.14. The Morgan fingerprint density at radius 2 is 1.89 bits per heavy atom. The van der Waals surface area contributed by atoms with E-state index in [1.807, 2.05) is 6.92 Å². The number of rotatable bonds is 10. The summed E-state index contributed by atoms with van der Waals surface area (Å²) in [4.78, 5) is 2.50. The number of nitriles is 1. The minimum absolute atomic E-state index is 0.354. The van der Waals surface area contributed by atoms with E-state index in [1.54, 1.807) is 0 Å². The van der Waals surface area contributed by atoms with E-state index in [1.165, 1.54) is 13.0 Å². The lowest BCUT2D eigenvalue weighted by Crippen LogP contribution is -2.45. The first-order chi connectivity index (χ1) is 8.86. The van der Waals surface area contributed by atoms with Crippen LogP contribution in [0.25, 0.3) is 0 Å². The molecule has 0 amide bonds. The van der Waals surface area contributed by atoms with Crippen LogP contribution in [0.3, 0.4) is 0 Å². The average molecular weight is 267 g/mol. The van der Waals surface area contributed by atoms with Gasteiger partial charge in [-0.3, -0.25) is 5.32 Å². The van der Waals surface area contributed by atoms with Crippen molar-refractivity contribution in [3.63, 3.8) is 0 Å². The van der Waals surface area contributed by atoms with Crippen LogP contribution in [0, 0.1) is 17.2 Å². The van der Waals surface area contributed by atoms with Gasteiger partial charge in [0.05, 0.1) is 6.07 Å². The Bertz CT molecular complexity index is 270. The highest BCUT2D eigenvalue weighted by Gasteiger charge is 2.23. The van der Waals surface area contributed by atoms with Gasteiger partial charge >= 0.3 is 0 Å². The molecule has 0 spiro atoms. The topological polar surface area (TPSA) is 39.1 Å². The molecule has 0 rings (SSSR count). The van der Waals surface area contributed by atoms with E-state index in [0.717, 1.165) is 31.8 Å². The summed E-state index contributed by atoms with van der Waals surface area (Å²) >= 11 is 0. The van der Waals surface area contributed by atoms with Crippen LogP contribution in [0.2, 0.25) is 0 Å². The van der Waals surface area contributed by atoms with Gasteiger partial charge in [-0.05, 0) is 52.6 Å². The Kier molecular flexibility index (Phi) is 9.05. The van der Waals surface area contributed by atoms with Gasteiger partial charge in [0.2, 0.25) is 0 Å². The second-order valence-corrected chi connectivity index (χ2v) is 6.25. The zero-order valence-corrected chi connectivity index (χ0v) is 13.8. The Morgan fingerprint density at radius 1 is 1.26 bits per heavy atom. The van der Waals surface area contributed by atoms with Gasteiger partial charge in [-0.2, -0.15) is 5.26 Å². The molecule has 0 saturated heterocycles. The number of nitrogens with zero attached hydrogens (tertiary/aromatic N) is 2. The van der Waals surface area contributed by atoms with Crippen LogP contribution in [0.4, 0.5) is 0 Å². The molecule has 19 heavy (non-hydrogen) atoms. The average Bonchev–Trinajstić information content (AvgIpc) is 2.36. The van der Waals surface area contributed by atoms with Crippen LogP contribution in [-0.4, -0.2) is 36.1 Å². The van der Waals surface area contributed by atoms with Crippen molar-refractivity contribution in [2.75, 3.05) is 19.6 Å². The van der Waals surface area contributed by atoms with Crippen LogP contribution < -0.4 is 5.32 Å². The molecule has 0 aromatic heterocycles. The zero-order chi connectivity index (χ0) is 14.9. The highest BCUT2D eigenvalue weighted by atomic mass is 15.1. The maximum absolute atomic E-state index is 9.31. The predicted octanol–water partition coefficient (Wildman–Crippen LogP) is 3.41. The first kappa shape index (κ1) is 18.4. The fraction of sp³-hybridized carbons (Fsp3) is 0.938. The molecule has 0 aromatic carbocycles. The van der Waals surface area contributed by atoms with Crippen molar-refractivity contribution in [2.45, 2.75) is 72.4 Å². The van der Waals surface area contributed by atoms with Crippen LogP contribution in [0.5, 0.6) is 0 Å². The van der Waals surface area contributed by atoms with Crippen molar-refractivity contribution in [3.8, 4) is 6.07 Å². The monoisotopic (exact) mass is 267 g/mol. The quantitative estimate of drug-likeness (QED) is 0.659. The molecule has 3 heteroatoms. The Labute approximate surface area is 120 Å². The van der Waals surface area contributed by atoms with Gasteiger partial charge in [0.25, 0.3) is 0 Å². The Balaban J connectivity index is 4.13. The molecule has 0 saturated carbocycles. The van der Waals surface area contributed by atoms with E-state index in [-0.39, 0.29) is 5.54 Å². The first-order valence-corrected chi connectivity index (χ1v) is 7.78. The van der Waals surface area contributed by atoms with Crippen LogP contribution in [-0.2, 0) is 0 Å². The van der Waals surface area contributed by atoms with Crippen molar-refractivity contribution in [3.05, 3.63) is 0 Å². The summed E-state index contributed by atoms with van der Waals surface area (Å²) in [6, 6.07) is 2.78. The van der Waals surface area contributed by atoms with E-state index in [2.05, 4.69) is 50.9 Å². The summed E-state index contributed by atoms with van der Waals surface area (Å²) in [5, 5.41) is 12.7. The molecule has 2 unspecified atom stereocenters. The van der Waals surface area contributed by atoms with Crippen molar-refractivity contribution < 1.29 is 0 Å². The molecule has 0 aliphatic heterocycles. The van der Waals surface area contributed by atoms with Gasteiger partial charge in [0, 0.05) is 12.6 Å². The summed E-state index contributed by atoms with van der Waals surface area (Å²) in [6.45, 7) is 16.3. The third-order valence-corrected chi connectivity index (χ3v) is 3.72. The molecule has 2 atom stereocenters. The van der Waals surface area contributed by atoms with Crippen LogP contribution in [0.15, 0.2) is 0 Å². The fourth-order valence-electron chi connectivity index (χ4n) is 2.40. The summed E-state index contributed by atoms with van der Waals surface area (Å²) in [5.74, 6) is 0.760. The van der Waals surface area contributed by atoms with Crippen molar-refractivity contribution in [2.24, 2.45) is 5.92 Å². The third kappa shape index (κ3) is 8.23. The summed E-state index contributed by atoms with van der Waals surface area (Å²) in [6.07, 6.45) is 3.23. The van der Waals surface area contributed by atoms with E-state index < -0.39 is 0 Å². The van der Waals surface area contributed by atoms with Gasteiger partial charge in [0.15, 0.2) is 0 Å². The largest absolute Gasteiger partial charge is 0.303 e. The first-order valence-electron chi connectivity index (χ1n) is 7.78. The van der Waals surface area contributed by atoms with Crippen LogP contribution >= 0.6 is 0 Å². The molecule has 0 fully saturated rings. The van der Waals surface area contributed by atoms with E-state index in [9.17, 15) is 5.26 Å². The predicted molar refractivity (Wildman–Crippen MR) is 83.1 cm³/mol. The maximum atomic E-state index is 9.31. The number of hydrogen-bond donors (Lipinski definition) is 1. The third-order valence-electron chi connectivity index (χ3n) is 3.72. The molecule has 0 aromatic rings. The second-order valence-electron chi connectivity index (χ2n) is 6.25. The van der Waals surface area contributed by atoms with E-state index in [4.69, 9.17) is 0 Å². The van der Waals surface area contributed by atoms with Gasteiger partial charge in [-0.15, -0.1) is 0 Å². The van der Waals surface area contributed by atoms with Crippen LogP contribution in [0.1, 0.15) is 60.8 Å². The van der Waals surface area contributed by atoms with Gasteiger partial charge in [-0.25, -0.2) is 0 Å². The maximum Gasteiger partial charge on any atom is 0.104 e. The van der Waals surface area contributed by atoms with Crippen molar-refractivity contribution >= 4 is 0 Å². The smallest absolute Gasteiger partial charge is 0.104 e. The molecular weight excluding hydrogens is 234 g/mol. The van der Waals surface area contributed by atoms with Gasteiger partial charge < -0.3 is 4.90 Å². The molecule has 0 aliphatic rings. The molecule has 112 valence electrons. The molecule has 0 radical (unpaired) electrons. The second kappa shape index (κ2) is 9.34. The van der Waals surface area contributed by atoms with Crippen molar-refractivity contribution in [1.29, 1.82) is 5.26 Å². The molecule has 0 bridgehead atoms. The molecule has 0 aliphatic carbocycles. The minimum Gasteiger partial charge on any atom is -0.303 e. The molecular formula is C16H33N3. The minimum atomic E-state index is -0.385. The Hall–Kier alpha value is -0.590. The lowest BCUT2D eigenvalue weighted by atomic mass is 9.96. The number of nitrogens with one attached hydrogen (secondary N) is 1. The summed E-state index contributed by atoms with van der Waals surface area (Å²) in [5.41, 5.74) is -0.385. The lowest BCUT2D eigenvalue weighted by molar-refractivity contribution is 0.232. The highest BCUT2D eigenvalue weighted by molar-refractivity contribution is 5.04. The normalized spacial score (nSPS) is 16.4. The lowest BCUT2D eigenvalue weighted by Gasteiger charge is -2.28. The standard InChI is InChI=1S/C16H33N3/c1-7-15(5)12-19(8-2)11-9-10-16(6,13-17)18-14(3)4/h14-15,18H,7-12H2,1-6H3. The molecule has 1 N–H and O–H groups in total. The summed E-state index contributed by atoms with van der Waals surface area (Å²) in [7, 11) is 0. The summed E-state index contributed by atoms with van der Waals surface area (Å²) < 4.78 is 0. The molecule has 3 nitrogen and oxygen atoms in total.